The molecule has 0 bridgehead atoms. The molecule has 5 heteroatoms. The van der Waals surface area contributed by atoms with E-state index in [0.29, 0.717) is 12.1 Å². The summed E-state index contributed by atoms with van der Waals surface area (Å²) in [5.74, 6) is -0.125. The van der Waals surface area contributed by atoms with Gasteiger partial charge in [-0.3, -0.25) is 9.59 Å². The second-order valence-electron chi connectivity index (χ2n) is 4.25. The molecule has 17 heavy (non-hydrogen) atoms. The highest BCUT2D eigenvalue weighted by Gasteiger charge is 2.28. The van der Waals surface area contributed by atoms with Gasteiger partial charge >= 0.3 is 0 Å². The standard InChI is InChI=1S/C12H16N2O3/c15-7-6-14(10-2-1-3-10)12(17)9-4-5-11(16)13-8-9/h4-5,8,10,15H,1-3,6-7H2,(H,13,16). The Morgan fingerprint density at radius 1 is 1.47 bits per heavy atom. The maximum Gasteiger partial charge on any atom is 0.255 e. The van der Waals surface area contributed by atoms with Gasteiger partial charge < -0.3 is 15.0 Å². The van der Waals surface area contributed by atoms with Crippen LogP contribution in [0.3, 0.4) is 0 Å². The summed E-state index contributed by atoms with van der Waals surface area (Å²) < 4.78 is 0. The molecule has 0 radical (unpaired) electrons. The van der Waals surface area contributed by atoms with Gasteiger partial charge in [0.15, 0.2) is 0 Å². The van der Waals surface area contributed by atoms with Gasteiger partial charge in [-0.25, -0.2) is 0 Å². The molecule has 0 unspecified atom stereocenters. The zero-order valence-electron chi connectivity index (χ0n) is 9.56. The molecule has 0 saturated heterocycles. The van der Waals surface area contributed by atoms with Gasteiger partial charge in [0, 0.05) is 24.8 Å². The van der Waals surface area contributed by atoms with E-state index >= 15 is 0 Å². The Morgan fingerprint density at radius 3 is 2.71 bits per heavy atom. The molecule has 0 aliphatic heterocycles. The molecule has 5 nitrogen and oxygen atoms in total. The summed E-state index contributed by atoms with van der Waals surface area (Å²) in [5.41, 5.74) is 0.240. The summed E-state index contributed by atoms with van der Waals surface area (Å²) in [6, 6.07) is 3.09. The summed E-state index contributed by atoms with van der Waals surface area (Å²) >= 11 is 0. The minimum Gasteiger partial charge on any atom is -0.395 e. The quantitative estimate of drug-likeness (QED) is 0.792. The molecule has 1 aliphatic rings. The van der Waals surface area contributed by atoms with E-state index in [4.69, 9.17) is 5.11 Å². The number of hydrogen-bond donors (Lipinski definition) is 2. The largest absolute Gasteiger partial charge is 0.395 e. The van der Waals surface area contributed by atoms with Crippen molar-refractivity contribution in [1.82, 2.24) is 9.88 Å². The van der Waals surface area contributed by atoms with Crippen molar-refractivity contribution < 1.29 is 9.90 Å². The molecule has 0 atom stereocenters. The van der Waals surface area contributed by atoms with E-state index < -0.39 is 0 Å². The van der Waals surface area contributed by atoms with E-state index in [0.717, 1.165) is 19.3 Å². The number of carbonyl (C=O) groups excluding carboxylic acids is 1. The lowest BCUT2D eigenvalue weighted by molar-refractivity contribution is 0.0525. The van der Waals surface area contributed by atoms with E-state index in [9.17, 15) is 9.59 Å². The Kier molecular flexibility index (Phi) is 3.58. The van der Waals surface area contributed by atoms with E-state index in [1.807, 2.05) is 0 Å². The Hall–Kier alpha value is -1.62. The van der Waals surface area contributed by atoms with Crippen LogP contribution in [0.2, 0.25) is 0 Å². The number of nitrogens with zero attached hydrogens (tertiary/aromatic N) is 1. The van der Waals surface area contributed by atoms with Crippen LogP contribution in [0.25, 0.3) is 0 Å². The number of aromatic nitrogens is 1. The zero-order chi connectivity index (χ0) is 12.3. The van der Waals surface area contributed by atoms with Crippen LogP contribution >= 0.6 is 0 Å². The molecule has 92 valence electrons. The topological polar surface area (TPSA) is 73.4 Å². The summed E-state index contributed by atoms with van der Waals surface area (Å²) in [6.45, 7) is 0.314. The molecule has 0 aromatic carbocycles. The van der Waals surface area contributed by atoms with Crippen molar-refractivity contribution in [2.24, 2.45) is 0 Å². The number of aliphatic hydroxyl groups excluding tert-OH is 1. The first-order chi connectivity index (χ1) is 8.22. The van der Waals surface area contributed by atoms with Crippen molar-refractivity contribution in [3.63, 3.8) is 0 Å². The molecule has 1 amide bonds. The summed E-state index contributed by atoms with van der Waals surface area (Å²) in [7, 11) is 0. The fourth-order valence-electron chi connectivity index (χ4n) is 1.97. The molecule has 1 fully saturated rings. The van der Waals surface area contributed by atoms with E-state index in [1.165, 1.54) is 18.3 Å². The molecular weight excluding hydrogens is 220 g/mol. The summed E-state index contributed by atoms with van der Waals surface area (Å²) in [4.78, 5) is 27.3. The van der Waals surface area contributed by atoms with Gasteiger partial charge in [-0.2, -0.15) is 0 Å². The SMILES string of the molecule is O=C(c1ccc(=O)[nH]c1)N(CCO)C1CCC1. The van der Waals surface area contributed by atoms with Crippen LogP contribution in [-0.4, -0.2) is 40.1 Å². The zero-order valence-corrected chi connectivity index (χ0v) is 9.56. The van der Waals surface area contributed by atoms with Crippen LogP contribution in [0.15, 0.2) is 23.1 Å². The molecule has 1 aromatic rings. The van der Waals surface area contributed by atoms with E-state index in [2.05, 4.69) is 4.98 Å². The summed E-state index contributed by atoms with van der Waals surface area (Å²) in [6.07, 6.45) is 4.55. The van der Waals surface area contributed by atoms with Gasteiger partial charge in [-0.05, 0) is 25.3 Å². The van der Waals surface area contributed by atoms with Crippen molar-refractivity contribution in [3.8, 4) is 0 Å². The lowest BCUT2D eigenvalue weighted by atomic mass is 9.91. The molecule has 0 spiro atoms. The fourth-order valence-corrected chi connectivity index (χ4v) is 1.97. The predicted octanol–water partition coefficient (Wildman–Crippen LogP) is 0.362. The smallest absolute Gasteiger partial charge is 0.255 e. The Balaban J connectivity index is 2.14. The number of H-pyrrole nitrogens is 1. The molecule has 1 heterocycles. The highest BCUT2D eigenvalue weighted by atomic mass is 16.3. The fraction of sp³-hybridized carbons (Fsp3) is 0.500. The Labute approximate surface area is 99.1 Å². The first kappa shape index (κ1) is 11.9. The predicted molar refractivity (Wildman–Crippen MR) is 62.8 cm³/mol. The number of rotatable bonds is 4. The molecule has 1 saturated carbocycles. The van der Waals surface area contributed by atoms with Gasteiger partial charge in [-0.15, -0.1) is 0 Å². The molecule has 2 rings (SSSR count). The van der Waals surface area contributed by atoms with Crippen LogP contribution in [0.1, 0.15) is 29.6 Å². The number of pyridine rings is 1. The van der Waals surface area contributed by atoms with Gasteiger partial charge in [0.1, 0.15) is 0 Å². The third kappa shape index (κ3) is 2.55. The third-order valence-electron chi connectivity index (χ3n) is 3.15. The molecule has 1 aromatic heterocycles. The van der Waals surface area contributed by atoms with Crippen LogP contribution in [0.4, 0.5) is 0 Å². The van der Waals surface area contributed by atoms with Gasteiger partial charge in [-0.1, -0.05) is 0 Å². The number of hydrogen-bond acceptors (Lipinski definition) is 3. The van der Waals surface area contributed by atoms with Crippen LogP contribution in [-0.2, 0) is 0 Å². The Morgan fingerprint density at radius 2 is 2.24 bits per heavy atom. The highest BCUT2D eigenvalue weighted by molar-refractivity contribution is 5.94. The van der Waals surface area contributed by atoms with Crippen molar-refractivity contribution in [1.29, 1.82) is 0 Å². The highest BCUT2D eigenvalue weighted by Crippen LogP contribution is 2.25. The number of aromatic amines is 1. The average molecular weight is 236 g/mol. The minimum absolute atomic E-state index is 0.0361. The average Bonchev–Trinajstić information content (AvgIpc) is 2.26. The van der Waals surface area contributed by atoms with Gasteiger partial charge in [0.05, 0.1) is 12.2 Å². The third-order valence-corrected chi connectivity index (χ3v) is 3.15. The van der Waals surface area contributed by atoms with E-state index in [-0.39, 0.29) is 24.1 Å². The van der Waals surface area contributed by atoms with Crippen molar-refractivity contribution in [2.75, 3.05) is 13.2 Å². The first-order valence-electron chi connectivity index (χ1n) is 5.83. The first-order valence-corrected chi connectivity index (χ1v) is 5.83. The summed E-state index contributed by atoms with van der Waals surface area (Å²) in [5, 5.41) is 8.99. The second-order valence-corrected chi connectivity index (χ2v) is 4.25. The second kappa shape index (κ2) is 5.14. The monoisotopic (exact) mass is 236 g/mol. The number of aliphatic hydroxyl groups is 1. The maximum absolute atomic E-state index is 12.2. The Bertz CT molecular complexity index is 431. The van der Waals surface area contributed by atoms with Crippen molar-refractivity contribution in [3.05, 3.63) is 34.2 Å². The van der Waals surface area contributed by atoms with Crippen LogP contribution in [0.5, 0.6) is 0 Å². The molecular formula is C12H16N2O3. The lowest BCUT2D eigenvalue weighted by Crippen LogP contribution is -2.45. The van der Waals surface area contributed by atoms with Gasteiger partial charge in [0.25, 0.3) is 5.91 Å². The molecule has 2 N–H and O–H groups in total. The van der Waals surface area contributed by atoms with Crippen molar-refractivity contribution >= 4 is 5.91 Å². The van der Waals surface area contributed by atoms with E-state index in [1.54, 1.807) is 4.90 Å². The van der Waals surface area contributed by atoms with Gasteiger partial charge in [0.2, 0.25) is 5.56 Å². The number of carbonyl (C=O) groups is 1. The lowest BCUT2D eigenvalue weighted by Gasteiger charge is -2.37. The number of amides is 1. The number of nitrogens with one attached hydrogen (secondary N) is 1. The van der Waals surface area contributed by atoms with Crippen molar-refractivity contribution in [2.45, 2.75) is 25.3 Å². The molecule has 1 aliphatic carbocycles. The van der Waals surface area contributed by atoms with Crippen LogP contribution in [0, 0.1) is 0 Å². The van der Waals surface area contributed by atoms with Crippen LogP contribution < -0.4 is 5.56 Å². The maximum atomic E-state index is 12.2. The minimum atomic E-state index is -0.223. The normalized spacial score (nSPS) is 15.4.